The average molecular weight is 345 g/mol. The summed E-state index contributed by atoms with van der Waals surface area (Å²) >= 11 is 0. The number of hydrogen-bond acceptors (Lipinski definition) is 4. The van der Waals surface area contributed by atoms with E-state index in [1.165, 1.54) is 0 Å². The lowest BCUT2D eigenvalue weighted by atomic mass is 9.91. The van der Waals surface area contributed by atoms with Gasteiger partial charge in [-0.15, -0.1) is 0 Å². The Kier molecular flexibility index (Phi) is 4.90. The number of hydrogen-bond donors (Lipinski definition) is 0. The number of aryl methyl sites for hydroxylation is 2. The third kappa shape index (κ3) is 3.25. The fourth-order valence-electron chi connectivity index (χ4n) is 3.07. The Hall–Kier alpha value is -3.32. The highest BCUT2D eigenvalue weighted by molar-refractivity contribution is 6.07. The molecule has 0 spiro atoms. The number of ether oxygens (including phenoxy) is 2. The van der Waals surface area contributed by atoms with Crippen LogP contribution < -0.4 is 4.74 Å². The number of carbonyl (C=O) groups excluding carboxylic acids is 1. The molecule has 0 aliphatic carbocycles. The number of allylic oxidation sites excluding steroid dienone is 2. The number of benzene rings is 2. The van der Waals surface area contributed by atoms with Gasteiger partial charge >= 0.3 is 5.97 Å². The molecule has 0 aromatic heterocycles. The summed E-state index contributed by atoms with van der Waals surface area (Å²) in [5.41, 5.74) is 4.12. The van der Waals surface area contributed by atoms with Crippen LogP contribution >= 0.6 is 0 Å². The van der Waals surface area contributed by atoms with Crippen molar-refractivity contribution in [3.8, 4) is 11.8 Å². The van der Waals surface area contributed by atoms with Crippen molar-refractivity contribution in [2.24, 2.45) is 0 Å². The van der Waals surface area contributed by atoms with Gasteiger partial charge in [0, 0.05) is 16.7 Å². The number of carbonyl (C=O) groups is 1. The van der Waals surface area contributed by atoms with Crippen molar-refractivity contribution >= 4 is 17.3 Å². The number of rotatable bonds is 3. The topological polar surface area (TPSA) is 59.3 Å². The fraction of sp³-hybridized carbons (Fsp3) is 0.182. The summed E-state index contributed by atoms with van der Waals surface area (Å²) < 4.78 is 11.2. The van der Waals surface area contributed by atoms with E-state index in [2.05, 4.69) is 0 Å². The van der Waals surface area contributed by atoms with E-state index in [-0.39, 0.29) is 12.2 Å². The summed E-state index contributed by atoms with van der Waals surface area (Å²) in [6, 6.07) is 15.5. The van der Waals surface area contributed by atoms with Crippen LogP contribution in [-0.2, 0) is 9.53 Å². The van der Waals surface area contributed by atoms with Gasteiger partial charge in [0.05, 0.1) is 6.61 Å². The molecule has 2 aromatic carbocycles. The van der Waals surface area contributed by atoms with Crippen LogP contribution in [0.1, 0.15) is 29.2 Å². The standard InChI is InChI=1S/C22H19NO3/c1-4-25-22(24)18(13-23)17-12-19(16-8-6-5-7-9-16)26-20-11-14(2)10-15(3)21(17)20/h5-12H,4H2,1-3H3. The molecular formula is C22H19NO3. The maximum absolute atomic E-state index is 12.3. The fourth-order valence-corrected chi connectivity index (χ4v) is 3.07. The number of nitriles is 1. The number of nitrogens with zero attached hydrogens (tertiary/aromatic N) is 1. The summed E-state index contributed by atoms with van der Waals surface area (Å²) in [4.78, 5) is 12.3. The van der Waals surface area contributed by atoms with Crippen LogP contribution in [0.3, 0.4) is 0 Å². The van der Waals surface area contributed by atoms with Gasteiger partial charge in [0.2, 0.25) is 0 Å². The first-order valence-corrected chi connectivity index (χ1v) is 8.43. The van der Waals surface area contributed by atoms with Gasteiger partial charge in [-0.3, -0.25) is 0 Å². The average Bonchev–Trinajstić information content (AvgIpc) is 2.62. The molecule has 3 rings (SSSR count). The van der Waals surface area contributed by atoms with Gasteiger partial charge in [-0.1, -0.05) is 36.4 Å². The van der Waals surface area contributed by atoms with E-state index < -0.39 is 5.97 Å². The van der Waals surface area contributed by atoms with Crippen LogP contribution in [0, 0.1) is 25.2 Å². The molecule has 0 saturated heterocycles. The lowest BCUT2D eigenvalue weighted by Gasteiger charge is -2.23. The first-order chi connectivity index (χ1) is 12.5. The Labute approximate surface area is 153 Å². The molecule has 1 heterocycles. The van der Waals surface area contributed by atoms with E-state index >= 15 is 0 Å². The smallest absolute Gasteiger partial charge is 0.349 e. The first kappa shape index (κ1) is 17.5. The largest absolute Gasteiger partial charge is 0.462 e. The minimum atomic E-state index is -0.624. The zero-order chi connectivity index (χ0) is 18.7. The molecule has 0 radical (unpaired) electrons. The lowest BCUT2D eigenvalue weighted by Crippen LogP contribution is -2.12. The third-order valence-electron chi connectivity index (χ3n) is 4.13. The van der Waals surface area contributed by atoms with Gasteiger partial charge in [0.15, 0.2) is 0 Å². The highest BCUT2D eigenvalue weighted by atomic mass is 16.5. The van der Waals surface area contributed by atoms with E-state index in [0.717, 1.165) is 22.3 Å². The van der Waals surface area contributed by atoms with Crippen LogP contribution in [0.15, 0.2) is 54.1 Å². The van der Waals surface area contributed by atoms with Crippen molar-refractivity contribution in [2.45, 2.75) is 20.8 Å². The Morgan fingerprint density at radius 2 is 1.92 bits per heavy atom. The summed E-state index contributed by atoms with van der Waals surface area (Å²) in [6.45, 7) is 5.85. The highest BCUT2D eigenvalue weighted by Crippen LogP contribution is 2.41. The Bertz CT molecular complexity index is 963. The van der Waals surface area contributed by atoms with Gasteiger partial charge in [-0.05, 0) is 44.0 Å². The molecule has 0 amide bonds. The van der Waals surface area contributed by atoms with Crippen molar-refractivity contribution < 1.29 is 14.3 Å². The maximum atomic E-state index is 12.3. The van der Waals surface area contributed by atoms with E-state index in [4.69, 9.17) is 9.47 Å². The molecule has 0 unspecified atom stereocenters. The zero-order valence-corrected chi connectivity index (χ0v) is 15.0. The van der Waals surface area contributed by atoms with E-state index in [1.54, 1.807) is 13.0 Å². The Morgan fingerprint density at radius 1 is 1.19 bits per heavy atom. The molecule has 0 N–H and O–H groups in total. The van der Waals surface area contributed by atoms with Crippen LogP contribution in [0.5, 0.6) is 5.75 Å². The molecule has 0 fully saturated rings. The first-order valence-electron chi connectivity index (χ1n) is 8.43. The van der Waals surface area contributed by atoms with E-state index in [0.29, 0.717) is 17.1 Å². The Balaban J connectivity index is 2.28. The zero-order valence-electron chi connectivity index (χ0n) is 15.0. The predicted molar refractivity (Wildman–Crippen MR) is 100 cm³/mol. The molecule has 4 heteroatoms. The number of esters is 1. The minimum absolute atomic E-state index is 0.0169. The van der Waals surface area contributed by atoms with E-state index in [1.807, 2.05) is 62.4 Å². The summed E-state index contributed by atoms with van der Waals surface area (Å²) in [5.74, 6) is 0.604. The second kappa shape index (κ2) is 7.28. The minimum Gasteiger partial charge on any atom is -0.462 e. The van der Waals surface area contributed by atoms with Gasteiger partial charge < -0.3 is 9.47 Å². The number of fused-ring (bicyclic) bond motifs is 1. The van der Waals surface area contributed by atoms with Crippen LogP contribution in [-0.4, -0.2) is 12.6 Å². The van der Waals surface area contributed by atoms with Crippen molar-refractivity contribution in [1.29, 1.82) is 5.26 Å². The summed E-state index contributed by atoms with van der Waals surface area (Å²) in [6.07, 6.45) is 1.75. The SMILES string of the molecule is CCOC(=O)C(C#N)=C1C=C(c2ccccc2)Oc2cc(C)cc(C)c21. The summed E-state index contributed by atoms with van der Waals surface area (Å²) in [5, 5.41) is 9.62. The molecule has 2 aromatic rings. The highest BCUT2D eigenvalue weighted by Gasteiger charge is 2.26. The lowest BCUT2D eigenvalue weighted by molar-refractivity contribution is -0.137. The summed E-state index contributed by atoms with van der Waals surface area (Å²) in [7, 11) is 0. The molecule has 0 saturated carbocycles. The van der Waals surface area contributed by atoms with Crippen LogP contribution in [0.4, 0.5) is 0 Å². The molecular weight excluding hydrogens is 326 g/mol. The second-order valence-electron chi connectivity index (χ2n) is 6.05. The molecule has 0 atom stereocenters. The van der Waals surface area contributed by atoms with Crippen LogP contribution in [0.2, 0.25) is 0 Å². The van der Waals surface area contributed by atoms with Crippen molar-refractivity contribution in [3.05, 3.63) is 76.4 Å². The van der Waals surface area contributed by atoms with Crippen molar-refractivity contribution in [1.82, 2.24) is 0 Å². The molecule has 1 aliphatic rings. The quantitative estimate of drug-likeness (QED) is 0.464. The van der Waals surface area contributed by atoms with Gasteiger partial charge in [0.25, 0.3) is 0 Å². The van der Waals surface area contributed by atoms with Gasteiger partial charge in [-0.25, -0.2) is 4.79 Å². The normalized spacial score (nSPS) is 14.5. The molecule has 1 aliphatic heterocycles. The Morgan fingerprint density at radius 3 is 2.58 bits per heavy atom. The van der Waals surface area contributed by atoms with E-state index in [9.17, 15) is 10.1 Å². The molecule has 0 bridgehead atoms. The predicted octanol–water partition coefficient (Wildman–Crippen LogP) is 4.58. The maximum Gasteiger partial charge on any atom is 0.349 e. The molecule has 4 nitrogen and oxygen atoms in total. The molecule has 26 heavy (non-hydrogen) atoms. The third-order valence-corrected chi connectivity index (χ3v) is 4.13. The monoisotopic (exact) mass is 345 g/mol. The van der Waals surface area contributed by atoms with Crippen LogP contribution in [0.25, 0.3) is 11.3 Å². The molecule has 130 valence electrons. The van der Waals surface area contributed by atoms with Gasteiger partial charge in [0.1, 0.15) is 23.2 Å². The second-order valence-corrected chi connectivity index (χ2v) is 6.05. The van der Waals surface area contributed by atoms with Crippen molar-refractivity contribution in [2.75, 3.05) is 6.61 Å². The van der Waals surface area contributed by atoms with Crippen molar-refractivity contribution in [3.63, 3.8) is 0 Å². The van der Waals surface area contributed by atoms with Gasteiger partial charge in [-0.2, -0.15) is 5.26 Å².